The molecule has 19 heavy (non-hydrogen) atoms. The number of nitrogen functional groups attached to an aromatic ring is 1. The van der Waals surface area contributed by atoms with Crippen LogP contribution in [-0.2, 0) is 9.47 Å². The van der Waals surface area contributed by atoms with Crippen LogP contribution in [0.2, 0.25) is 0 Å². The molecule has 0 saturated heterocycles. The summed E-state index contributed by atoms with van der Waals surface area (Å²) in [5.41, 5.74) is 5.31. The third kappa shape index (κ3) is 5.98. The molecule has 0 saturated carbocycles. The van der Waals surface area contributed by atoms with Gasteiger partial charge >= 0.3 is 0 Å². The molecule has 2 N–H and O–H groups in total. The Balaban J connectivity index is 2.31. The highest BCUT2D eigenvalue weighted by Gasteiger charge is 2.10. The van der Waals surface area contributed by atoms with Crippen molar-refractivity contribution in [2.45, 2.75) is 6.42 Å². The highest BCUT2D eigenvalue weighted by molar-refractivity contribution is 5.45. The number of nitrogens with two attached hydrogens (primary N) is 1. The van der Waals surface area contributed by atoms with Gasteiger partial charge in [0.15, 0.2) is 0 Å². The lowest BCUT2D eigenvalue weighted by Crippen LogP contribution is -2.07. The topological polar surface area (TPSA) is 110 Å². The molecule has 1 aromatic rings. The summed E-state index contributed by atoms with van der Waals surface area (Å²) in [7, 11) is 1.60. The summed E-state index contributed by atoms with van der Waals surface area (Å²) in [5, 5.41) is 10.6. The SMILES string of the molecule is COCCOCCCOc1cc([N+](=O)[O-])cc(N)n1. The third-order valence-corrected chi connectivity index (χ3v) is 2.13. The monoisotopic (exact) mass is 271 g/mol. The second kappa shape index (κ2) is 8.22. The van der Waals surface area contributed by atoms with E-state index in [1.165, 1.54) is 12.1 Å². The van der Waals surface area contributed by atoms with Crippen molar-refractivity contribution in [3.8, 4) is 5.88 Å². The summed E-state index contributed by atoms with van der Waals surface area (Å²) in [6, 6.07) is 2.42. The van der Waals surface area contributed by atoms with Gasteiger partial charge in [0.25, 0.3) is 5.69 Å². The lowest BCUT2D eigenvalue weighted by Gasteiger charge is -2.06. The number of nitro groups is 1. The Morgan fingerprint density at radius 1 is 1.32 bits per heavy atom. The van der Waals surface area contributed by atoms with E-state index in [1.54, 1.807) is 7.11 Å². The fourth-order valence-corrected chi connectivity index (χ4v) is 1.27. The normalized spacial score (nSPS) is 10.4. The van der Waals surface area contributed by atoms with Crippen molar-refractivity contribution in [3.63, 3.8) is 0 Å². The molecule has 0 fully saturated rings. The van der Waals surface area contributed by atoms with Gasteiger partial charge in [0.05, 0.1) is 36.9 Å². The van der Waals surface area contributed by atoms with Gasteiger partial charge in [0.2, 0.25) is 5.88 Å². The molecular weight excluding hydrogens is 254 g/mol. The van der Waals surface area contributed by atoms with Gasteiger partial charge in [-0.05, 0) is 0 Å². The first-order valence-electron chi connectivity index (χ1n) is 5.75. The maximum absolute atomic E-state index is 10.6. The van der Waals surface area contributed by atoms with E-state index in [2.05, 4.69) is 4.98 Å². The van der Waals surface area contributed by atoms with Gasteiger partial charge < -0.3 is 19.9 Å². The molecule has 1 rings (SSSR count). The van der Waals surface area contributed by atoms with Crippen LogP contribution in [0.25, 0.3) is 0 Å². The molecule has 8 heteroatoms. The predicted molar refractivity (Wildman–Crippen MR) is 68.1 cm³/mol. The fraction of sp³-hybridized carbons (Fsp3) is 0.545. The van der Waals surface area contributed by atoms with Crippen LogP contribution < -0.4 is 10.5 Å². The number of nitrogens with zero attached hydrogens (tertiary/aromatic N) is 2. The minimum atomic E-state index is -0.543. The van der Waals surface area contributed by atoms with Crippen molar-refractivity contribution in [3.05, 3.63) is 22.2 Å². The molecule has 0 radical (unpaired) electrons. The zero-order chi connectivity index (χ0) is 14.1. The first kappa shape index (κ1) is 15.1. The molecular formula is C11H17N3O5. The molecule has 0 aliphatic carbocycles. The third-order valence-electron chi connectivity index (χ3n) is 2.13. The zero-order valence-corrected chi connectivity index (χ0v) is 10.7. The molecule has 8 nitrogen and oxygen atoms in total. The van der Waals surface area contributed by atoms with E-state index in [1.807, 2.05) is 0 Å². The maximum atomic E-state index is 10.6. The predicted octanol–water partition coefficient (Wildman–Crippen LogP) is 1.00. The number of hydrogen-bond acceptors (Lipinski definition) is 7. The summed E-state index contributed by atoms with van der Waals surface area (Å²) in [6.45, 7) is 1.94. The van der Waals surface area contributed by atoms with Crippen LogP contribution in [0.3, 0.4) is 0 Å². The molecule has 0 spiro atoms. The van der Waals surface area contributed by atoms with Crippen LogP contribution in [0.15, 0.2) is 12.1 Å². The van der Waals surface area contributed by atoms with Gasteiger partial charge in [-0.25, -0.2) is 0 Å². The molecule has 0 aliphatic rings. The van der Waals surface area contributed by atoms with E-state index >= 15 is 0 Å². The average Bonchev–Trinajstić information content (AvgIpc) is 2.37. The first-order chi connectivity index (χ1) is 9.13. The Hall–Kier alpha value is -1.93. The van der Waals surface area contributed by atoms with E-state index in [0.29, 0.717) is 32.8 Å². The lowest BCUT2D eigenvalue weighted by molar-refractivity contribution is -0.384. The Bertz CT molecular complexity index is 413. The molecule has 0 aliphatic heterocycles. The molecule has 0 aromatic carbocycles. The smallest absolute Gasteiger partial charge is 0.278 e. The van der Waals surface area contributed by atoms with E-state index < -0.39 is 4.92 Å². The second-order valence-corrected chi connectivity index (χ2v) is 3.65. The summed E-state index contributed by atoms with van der Waals surface area (Å²) in [4.78, 5) is 13.9. The van der Waals surface area contributed by atoms with E-state index in [0.717, 1.165) is 0 Å². The molecule has 0 amide bonds. The van der Waals surface area contributed by atoms with E-state index in [9.17, 15) is 10.1 Å². The van der Waals surface area contributed by atoms with Crippen LogP contribution in [0.5, 0.6) is 5.88 Å². The van der Waals surface area contributed by atoms with Crippen molar-refractivity contribution in [1.82, 2.24) is 4.98 Å². The molecule has 1 heterocycles. The average molecular weight is 271 g/mol. The van der Waals surface area contributed by atoms with Gasteiger partial charge in [-0.3, -0.25) is 10.1 Å². The number of anilines is 1. The summed E-state index contributed by atoms with van der Waals surface area (Å²) in [5.74, 6) is 0.198. The van der Waals surface area contributed by atoms with Gasteiger partial charge in [-0.1, -0.05) is 0 Å². The van der Waals surface area contributed by atoms with Crippen LogP contribution in [0, 0.1) is 10.1 Å². The Kier molecular flexibility index (Phi) is 6.55. The van der Waals surface area contributed by atoms with Gasteiger partial charge in [-0.15, -0.1) is 0 Å². The zero-order valence-electron chi connectivity index (χ0n) is 10.7. The van der Waals surface area contributed by atoms with E-state index in [-0.39, 0.29) is 17.4 Å². The van der Waals surface area contributed by atoms with Crippen molar-refractivity contribution in [2.75, 3.05) is 39.3 Å². The lowest BCUT2D eigenvalue weighted by atomic mass is 10.4. The molecule has 106 valence electrons. The molecule has 1 aromatic heterocycles. The highest BCUT2D eigenvalue weighted by atomic mass is 16.6. The van der Waals surface area contributed by atoms with Gasteiger partial charge in [-0.2, -0.15) is 4.98 Å². The highest BCUT2D eigenvalue weighted by Crippen LogP contribution is 2.20. The number of rotatable bonds is 9. The summed E-state index contributed by atoms with van der Waals surface area (Å²) < 4.78 is 15.3. The van der Waals surface area contributed by atoms with E-state index in [4.69, 9.17) is 19.9 Å². The minimum Gasteiger partial charge on any atom is -0.477 e. The van der Waals surface area contributed by atoms with Crippen molar-refractivity contribution in [1.29, 1.82) is 0 Å². The number of hydrogen-bond donors (Lipinski definition) is 1. The largest absolute Gasteiger partial charge is 0.477 e. The van der Waals surface area contributed by atoms with Crippen LogP contribution in [0.1, 0.15) is 6.42 Å². The number of pyridine rings is 1. The minimum absolute atomic E-state index is 0.0561. The van der Waals surface area contributed by atoms with Crippen LogP contribution >= 0.6 is 0 Å². The summed E-state index contributed by atoms with van der Waals surface area (Å²) in [6.07, 6.45) is 0.647. The second-order valence-electron chi connectivity index (χ2n) is 3.65. The summed E-state index contributed by atoms with van der Waals surface area (Å²) >= 11 is 0. The van der Waals surface area contributed by atoms with Crippen molar-refractivity contribution < 1.29 is 19.1 Å². The molecule has 0 bridgehead atoms. The van der Waals surface area contributed by atoms with Crippen LogP contribution in [-0.4, -0.2) is 43.4 Å². The van der Waals surface area contributed by atoms with Crippen molar-refractivity contribution in [2.24, 2.45) is 0 Å². The Morgan fingerprint density at radius 3 is 2.79 bits per heavy atom. The molecule has 0 atom stereocenters. The molecule has 0 unspecified atom stereocenters. The van der Waals surface area contributed by atoms with Crippen LogP contribution in [0.4, 0.5) is 11.5 Å². The number of methoxy groups -OCH3 is 1. The Labute approximate surface area is 110 Å². The van der Waals surface area contributed by atoms with Gasteiger partial charge in [0, 0.05) is 20.1 Å². The Morgan fingerprint density at radius 2 is 2.11 bits per heavy atom. The van der Waals surface area contributed by atoms with Gasteiger partial charge in [0.1, 0.15) is 5.82 Å². The first-order valence-corrected chi connectivity index (χ1v) is 5.75. The number of ether oxygens (including phenoxy) is 3. The fourth-order valence-electron chi connectivity index (χ4n) is 1.27. The quantitative estimate of drug-likeness (QED) is 0.405. The number of aromatic nitrogens is 1. The van der Waals surface area contributed by atoms with Crippen molar-refractivity contribution >= 4 is 11.5 Å². The standard InChI is InChI=1S/C11H17N3O5/c1-17-5-6-18-3-2-4-19-11-8-9(14(15)16)7-10(12)13-11/h7-8H,2-6H2,1H3,(H2,12,13). The maximum Gasteiger partial charge on any atom is 0.278 e.